The van der Waals surface area contributed by atoms with Gasteiger partial charge in [-0.2, -0.15) is 11.8 Å². The molecule has 0 aliphatic rings. The van der Waals surface area contributed by atoms with E-state index in [1.807, 2.05) is 13.8 Å². The molecule has 5 nitrogen and oxygen atoms in total. The van der Waals surface area contributed by atoms with Crippen LogP contribution in [-0.4, -0.2) is 43.2 Å². The van der Waals surface area contributed by atoms with Crippen LogP contribution in [0, 0.1) is 5.41 Å². The van der Waals surface area contributed by atoms with E-state index in [9.17, 15) is 9.59 Å². The Morgan fingerprint density at radius 2 is 2.00 bits per heavy atom. The van der Waals surface area contributed by atoms with Crippen molar-refractivity contribution in [1.29, 1.82) is 0 Å². The molecule has 1 atom stereocenters. The lowest BCUT2D eigenvalue weighted by Gasteiger charge is -2.21. The Bertz CT molecular complexity index is 281. The number of esters is 2. The maximum atomic E-state index is 11.4. The van der Waals surface area contributed by atoms with Gasteiger partial charge in [-0.05, 0) is 32.9 Å². The number of ether oxygens (including phenoxy) is 2. The molecule has 6 heteroatoms. The molecule has 0 fully saturated rings. The number of thioether (sulfide) groups is 1. The molecule has 0 spiro atoms. The van der Waals surface area contributed by atoms with E-state index in [-0.39, 0.29) is 11.9 Å². The fourth-order valence-electron chi connectivity index (χ4n) is 1.24. The molecule has 0 aromatic rings. The largest absolute Gasteiger partial charge is 0.469 e. The summed E-state index contributed by atoms with van der Waals surface area (Å²) in [7, 11) is 1.38. The number of methoxy groups -OCH3 is 1. The minimum Gasteiger partial charge on any atom is -0.469 e. The molecule has 0 saturated heterocycles. The zero-order valence-electron chi connectivity index (χ0n) is 11.5. The van der Waals surface area contributed by atoms with Gasteiger partial charge in [0.25, 0.3) is 0 Å². The molecule has 0 amide bonds. The molecule has 0 aliphatic heterocycles. The Kier molecular flexibility index (Phi) is 8.02. The minimum atomic E-state index is -0.585. The molecule has 0 aliphatic carbocycles. The first-order chi connectivity index (χ1) is 8.35. The third kappa shape index (κ3) is 6.26. The van der Waals surface area contributed by atoms with Crippen LogP contribution in [0.25, 0.3) is 0 Å². The molecule has 1 unspecified atom stereocenters. The van der Waals surface area contributed by atoms with Crippen molar-refractivity contribution in [3.63, 3.8) is 0 Å². The van der Waals surface area contributed by atoms with Gasteiger partial charge in [0.1, 0.15) is 6.04 Å². The van der Waals surface area contributed by atoms with Crippen LogP contribution in [0.2, 0.25) is 0 Å². The van der Waals surface area contributed by atoms with Gasteiger partial charge in [0.05, 0.1) is 19.1 Å². The number of hydrogen-bond donors (Lipinski definition) is 1. The van der Waals surface area contributed by atoms with Crippen molar-refractivity contribution >= 4 is 23.7 Å². The topological polar surface area (TPSA) is 78.6 Å². The van der Waals surface area contributed by atoms with Crippen LogP contribution in [0.1, 0.15) is 27.2 Å². The van der Waals surface area contributed by atoms with Crippen molar-refractivity contribution in [2.24, 2.45) is 11.1 Å². The van der Waals surface area contributed by atoms with Crippen molar-refractivity contribution in [3.05, 3.63) is 0 Å². The average Bonchev–Trinajstić information content (AvgIpc) is 2.33. The molecule has 0 saturated carbocycles. The highest BCUT2D eigenvalue weighted by Crippen LogP contribution is 2.23. The van der Waals surface area contributed by atoms with Crippen LogP contribution in [0.15, 0.2) is 0 Å². The molecule has 106 valence electrons. The number of nitrogens with two attached hydrogens (primary N) is 1. The Morgan fingerprint density at radius 1 is 1.39 bits per heavy atom. The average molecular weight is 277 g/mol. The molecule has 2 N–H and O–H groups in total. The molecular formula is C12H23NO4S. The van der Waals surface area contributed by atoms with E-state index in [1.54, 1.807) is 18.7 Å². The van der Waals surface area contributed by atoms with E-state index in [0.717, 1.165) is 0 Å². The molecule has 0 aromatic carbocycles. The lowest BCUT2D eigenvalue weighted by molar-refractivity contribution is -0.149. The first kappa shape index (κ1) is 17.2. The van der Waals surface area contributed by atoms with Crippen LogP contribution >= 0.6 is 11.8 Å². The van der Waals surface area contributed by atoms with Crippen LogP contribution < -0.4 is 5.73 Å². The normalized spacial score (nSPS) is 12.9. The summed E-state index contributed by atoms with van der Waals surface area (Å²) in [6.07, 6.45) is 0.542. The number of carbonyl (C=O) groups excluding carboxylic acids is 2. The van der Waals surface area contributed by atoms with E-state index in [2.05, 4.69) is 0 Å². The Morgan fingerprint density at radius 3 is 2.50 bits per heavy atom. The van der Waals surface area contributed by atoms with Gasteiger partial charge in [-0.1, -0.05) is 0 Å². The summed E-state index contributed by atoms with van der Waals surface area (Å²) < 4.78 is 9.52. The standard InChI is InChI=1S/C12H23NO4S/c1-5-17-10(14)9(13)6-7-18-8-12(2,3)11(15)16-4/h9H,5-8,13H2,1-4H3. The lowest BCUT2D eigenvalue weighted by Crippen LogP contribution is -2.33. The van der Waals surface area contributed by atoms with Crippen LogP contribution in [-0.2, 0) is 19.1 Å². The van der Waals surface area contributed by atoms with Gasteiger partial charge in [0, 0.05) is 5.75 Å². The van der Waals surface area contributed by atoms with E-state index in [0.29, 0.717) is 24.5 Å². The van der Waals surface area contributed by atoms with E-state index in [1.165, 1.54) is 7.11 Å². The second-order valence-corrected chi connectivity index (χ2v) is 5.68. The highest BCUT2D eigenvalue weighted by atomic mass is 32.2. The van der Waals surface area contributed by atoms with Crippen LogP contribution in [0.5, 0.6) is 0 Å². The monoisotopic (exact) mass is 277 g/mol. The van der Waals surface area contributed by atoms with Crippen molar-refractivity contribution in [3.8, 4) is 0 Å². The van der Waals surface area contributed by atoms with Crippen LogP contribution in [0.4, 0.5) is 0 Å². The Balaban J connectivity index is 3.86. The number of carbonyl (C=O) groups is 2. The molecule has 0 aromatic heterocycles. The summed E-state index contributed by atoms with van der Waals surface area (Å²) in [6.45, 7) is 5.75. The summed E-state index contributed by atoms with van der Waals surface area (Å²) in [4.78, 5) is 22.7. The maximum Gasteiger partial charge on any atom is 0.322 e. The van der Waals surface area contributed by atoms with E-state index in [4.69, 9.17) is 15.2 Å². The van der Waals surface area contributed by atoms with Crippen LogP contribution in [0.3, 0.4) is 0 Å². The molecular weight excluding hydrogens is 254 g/mol. The van der Waals surface area contributed by atoms with Crippen molar-refractivity contribution < 1.29 is 19.1 Å². The molecule has 0 rings (SSSR count). The molecule has 0 radical (unpaired) electrons. The minimum absolute atomic E-state index is 0.232. The summed E-state index contributed by atoms with van der Waals surface area (Å²) in [5, 5.41) is 0. The van der Waals surface area contributed by atoms with Gasteiger partial charge in [0.2, 0.25) is 0 Å². The van der Waals surface area contributed by atoms with Crippen molar-refractivity contribution in [1.82, 2.24) is 0 Å². The fourth-order valence-corrected chi connectivity index (χ4v) is 2.43. The molecule has 0 bridgehead atoms. The summed E-state index contributed by atoms with van der Waals surface area (Å²) >= 11 is 1.58. The smallest absolute Gasteiger partial charge is 0.322 e. The third-order valence-electron chi connectivity index (χ3n) is 2.36. The predicted molar refractivity (Wildman–Crippen MR) is 72.3 cm³/mol. The highest BCUT2D eigenvalue weighted by molar-refractivity contribution is 7.99. The molecule has 0 heterocycles. The van der Waals surface area contributed by atoms with Gasteiger partial charge in [-0.3, -0.25) is 9.59 Å². The second-order valence-electron chi connectivity index (χ2n) is 4.58. The number of rotatable bonds is 8. The number of hydrogen-bond acceptors (Lipinski definition) is 6. The van der Waals surface area contributed by atoms with Gasteiger partial charge in [0.15, 0.2) is 0 Å². The van der Waals surface area contributed by atoms with Gasteiger partial charge >= 0.3 is 11.9 Å². The summed E-state index contributed by atoms with van der Waals surface area (Å²) in [6, 6.07) is -0.585. The van der Waals surface area contributed by atoms with E-state index >= 15 is 0 Å². The van der Waals surface area contributed by atoms with Gasteiger partial charge in [-0.25, -0.2) is 0 Å². The SMILES string of the molecule is CCOC(=O)C(N)CCSCC(C)(C)C(=O)OC. The first-order valence-electron chi connectivity index (χ1n) is 5.93. The Hall–Kier alpha value is -0.750. The van der Waals surface area contributed by atoms with Crippen molar-refractivity contribution in [2.75, 3.05) is 25.2 Å². The van der Waals surface area contributed by atoms with Gasteiger partial charge in [-0.15, -0.1) is 0 Å². The quantitative estimate of drug-likeness (QED) is 0.530. The summed E-state index contributed by atoms with van der Waals surface area (Å²) in [5.74, 6) is 0.741. The first-order valence-corrected chi connectivity index (χ1v) is 7.09. The zero-order chi connectivity index (χ0) is 14.2. The lowest BCUT2D eigenvalue weighted by atomic mass is 9.97. The molecule has 18 heavy (non-hydrogen) atoms. The van der Waals surface area contributed by atoms with Gasteiger partial charge < -0.3 is 15.2 Å². The highest BCUT2D eigenvalue weighted by Gasteiger charge is 2.28. The summed E-state index contributed by atoms with van der Waals surface area (Å²) in [5.41, 5.74) is 5.14. The zero-order valence-corrected chi connectivity index (χ0v) is 12.3. The Labute approximate surface area is 113 Å². The second kappa shape index (κ2) is 8.37. The maximum absolute atomic E-state index is 11.4. The predicted octanol–water partition coefficient (Wildman–Crippen LogP) is 1.20. The van der Waals surface area contributed by atoms with Crippen molar-refractivity contribution in [2.45, 2.75) is 33.2 Å². The third-order valence-corrected chi connectivity index (χ3v) is 3.81. The fraction of sp³-hybridized carbons (Fsp3) is 0.833. The van der Waals surface area contributed by atoms with E-state index < -0.39 is 11.5 Å².